The summed E-state index contributed by atoms with van der Waals surface area (Å²) in [7, 11) is -3.73. The highest BCUT2D eigenvalue weighted by molar-refractivity contribution is 7.90. The van der Waals surface area contributed by atoms with Gasteiger partial charge in [0.05, 0.1) is 22.5 Å². The van der Waals surface area contributed by atoms with Crippen molar-refractivity contribution < 1.29 is 27.9 Å². The number of aromatic nitrogens is 2. The van der Waals surface area contributed by atoms with Gasteiger partial charge in [-0.3, -0.25) is 4.79 Å². The van der Waals surface area contributed by atoms with Crippen molar-refractivity contribution in [3.05, 3.63) is 41.1 Å². The number of carbonyl (C=O) groups is 2. The topological polar surface area (TPSA) is 116 Å². The highest BCUT2D eigenvalue weighted by Gasteiger charge is 2.24. The van der Waals surface area contributed by atoms with Crippen LogP contribution >= 0.6 is 11.6 Å². The van der Waals surface area contributed by atoms with Gasteiger partial charge >= 0.3 is 5.97 Å². The van der Waals surface area contributed by atoms with Crippen LogP contribution < -0.4 is 0 Å². The fourth-order valence-electron chi connectivity index (χ4n) is 2.29. The van der Waals surface area contributed by atoms with Crippen molar-refractivity contribution >= 4 is 33.2 Å². The zero-order valence-corrected chi connectivity index (χ0v) is 15.7. The van der Waals surface area contributed by atoms with Crippen molar-refractivity contribution in [1.82, 2.24) is 9.78 Å². The van der Waals surface area contributed by atoms with Gasteiger partial charge in [-0.05, 0) is 25.1 Å². The summed E-state index contributed by atoms with van der Waals surface area (Å²) in [6, 6.07) is 3.54. The Labute approximate surface area is 155 Å². The van der Waals surface area contributed by atoms with Crippen molar-refractivity contribution in [3.63, 3.8) is 0 Å². The predicted octanol–water partition coefficient (Wildman–Crippen LogP) is 1.64. The molecule has 2 rings (SSSR count). The fraction of sp³-hybridized carbons (Fsp3) is 0.312. The first-order chi connectivity index (χ1) is 12.2. The maximum atomic E-state index is 12.6. The minimum Gasteiger partial charge on any atom is -0.493 e. The second-order valence-corrected chi connectivity index (χ2v) is 7.70. The number of ketones is 1. The van der Waals surface area contributed by atoms with Gasteiger partial charge < -0.3 is 9.84 Å². The Morgan fingerprint density at radius 3 is 2.54 bits per heavy atom. The molecule has 0 saturated carbocycles. The van der Waals surface area contributed by atoms with Gasteiger partial charge in [0, 0.05) is 18.4 Å². The molecule has 1 aromatic heterocycles. The standard InChI is InChI=1S/C16H17ClN2O6S/c1-3-19-15(21)12(9-18-19)14(20)10-4-5-13(26(2,23)24)11(8-10)16(22)25-7-6-17/h4-5,8-9,21H,3,6-7H2,1-2H3. The van der Waals surface area contributed by atoms with E-state index in [4.69, 9.17) is 16.3 Å². The fourth-order valence-corrected chi connectivity index (χ4v) is 3.22. The summed E-state index contributed by atoms with van der Waals surface area (Å²) < 4.78 is 29.9. The maximum Gasteiger partial charge on any atom is 0.339 e. The van der Waals surface area contributed by atoms with Gasteiger partial charge in [-0.25, -0.2) is 17.9 Å². The van der Waals surface area contributed by atoms with Crippen molar-refractivity contribution in [2.24, 2.45) is 0 Å². The molecule has 0 unspecified atom stereocenters. The van der Waals surface area contributed by atoms with E-state index in [9.17, 15) is 23.1 Å². The molecule has 0 aliphatic rings. The normalized spacial score (nSPS) is 11.3. The second kappa shape index (κ2) is 7.88. The molecule has 8 nitrogen and oxygen atoms in total. The summed E-state index contributed by atoms with van der Waals surface area (Å²) in [4.78, 5) is 24.5. The number of carbonyl (C=O) groups excluding carboxylic acids is 2. The number of ether oxygens (including phenoxy) is 1. The van der Waals surface area contributed by atoms with Crippen molar-refractivity contribution in [2.75, 3.05) is 18.7 Å². The lowest BCUT2D eigenvalue weighted by Crippen LogP contribution is -2.14. The number of benzene rings is 1. The van der Waals surface area contributed by atoms with E-state index in [2.05, 4.69) is 5.10 Å². The smallest absolute Gasteiger partial charge is 0.339 e. The summed E-state index contributed by atoms with van der Waals surface area (Å²) in [5.41, 5.74) is -0.314. The second-order valence-electron chi connectivity index (χ2n) is 5.33. The molecule has 140 valence electrons. The third-order valence-electron chi connectivity index (χ3n) is 3.53. The zero-order valence-electron chi connectivity index (χ0n) is 14.1. The number of hydrogen-bond donors (Lipinski definition) is 1. The number of nitrogens with zero attached hydrogens (tertiary/aromatic N) is 2. The van der Waals surface area contributed by atoms with Gasteiger partial charge in [0.2, 0.25) is 5.88 Å². The van der Waals surface area contributed by atoms with Gasteiger partial charge in [-0.15, -0.1) is 11.6 Å². The molecule has 1 N–H and O–H groups in total. The first-order valence-electron chi connectivity index (χ1n) is 7.57. The highest BCUT2D eigenvalue weighted by Crippen LogP contribution is 2.24. The molecule has 0 aliphatic heterocycles. The number of alkyl halides is 1. The number of sulfone groups is 1. The van der Waals surface area contributed by atoms with Gasteiger partial charge in [-0.2, -0.15) is 5.10 Å². The lowest BCUT2D eigenvalue weighted by molar-refractivity contribution is 0.0524. The minimum absolute atomic E-state index is 0.0150. The van der Waals surface area contributed by atoms with E-state index in [0.29, 0.717) is 6.54 Å². The van der Waals surface area contributed by atoms with Gasteiger partial charge in [0.15, 0.2) is 15.6 Å². The van der Waals surface area contributed by atoms with Crippen LogP contribution in [0.4, 0.5) is 0 Å². The summed E-state index contributed by atoms with van der Waals surface area (Å²) in [5.74, 6) is -1.78. The van der Waals surface area contributed by atoms with E-state index < -0.39 is 21.6 Å². The third-order valence-corrected chi connectivity index (χ3v) is 4.84. The van der Waals surface area contributed by atoms with Crippen molar-refractivity contribution in [1.29, 1.82) is 0 Å². The average molecular weight is 401 g/mol. The number of esters is 1. The molecule has 0 spiro atoms. The lowest BCUT2D eigenvalue weighted by Gasteiger charge is -2.10. The van der Waals surface area contributed by atoms with E-state index >= 15 is 0 Å². The molecule has 1 aromatic carbocycles. The summed E-state index contributed by atoms with van der Waals surface area (Å²) in [5, 5.41) is 13.9. The molecular weight excluding hydrogens is 384 g/mol. The summed E-state index contributed by atoms with van der Waals surface area (Å²) in [6.45, 7) is 2.00. The first kappa shape index (κ1) is 19.9. The Hall–Kier alpha value is -2.39. The van der Waals surface area contributed by atoms with Crippen LogP contribution in [-0.4, -0.2) is 53.8 Å². The first-order valence-corrected chi connectivity index (χ1v) is 10.00. The summed E-state index contributed by atoms with van der Waals surface area (Å²) >= 11 is 5.47. The lowest BCUT2D eigenvalue weighted by atomic mass is 10.0. The van der Waals surface area contributed by atoms with Crippen LogP contribution in [-0.2, 0) is 21.1 Å². The Morgan fingerprint density at radius 2 is 2.00 bits per heavy atom. The molecule has 1 heterocycles. The van der Waals surface area contributed by atoms with Crippen LogP contribution in [0.2, 0.25) is 0 Å². The molecule has 10 heteroatoms. The van der Waals surface area contributed by atoms with Gasteiger partial charge in [-0.1, -0.05) is 0 Å². The van der Waals surface area contributed by atoms with Crippen molar-refractivity contribution in [3.8, 4) is 5.88 Å². The van der Waals surface area contributed by atoms with Crippen LogP contribution in [0, 0.1) is 0 Å². The molecule has 26 heavy (non-hydrogen) atoms. The summed E-state index contributed by atoms with van der Waals surface area (Å²) in [6.07, 6.45) is 2.15. The molecule has 0 fully saturated rings. The maximum absolute atomic E-state index is 12.6. The minimum atomic E-state index is -3.73. The van der Waals surface area contributed by atoms with Crippen molar-refractivity contribution in [2.45, 2.75) is 18.4 Å². The molecule has 0 aliphatic carbocycles. The van der Waals surface area contributed by atoms with Crippen LogP contribution in [0.3, 0.4) is 0 Å². The van der Waals surface area contributed by atoms with Crippen LogP contribution in [0.1, 0.15) is 33.2 Å². The molecule has 0 radical (unpaired) electrons. The Bertz CT molecular complexity index is 952. The van der Waals surface area contributed by atoms with E-state index in [0.717, 1.165) is 18.4 Å². The molecule has 0 atom stereocenters. The van der Waals surface area contributed by atoms with Gasteiger partial charge in [0.25, 0.3) is 0 Å². The molecule has 2 aromatic rings. The SMILES string of the molecule is CCn1ncc(C(=O)c2ccc(S(C)(=O)=O)c(C(=O)OCCCl)c2)c1O. The Morgan fingerprint density at radius 1 is 1.31 bits per heavy atom. The molecule has 0 saturated heterocycles. The number of hydrogen-bond acceptors (Lipinski definition) is 7. The van der Waals surface area contributed by atoms with Crippen LogP contribution in [0.25, 0.3) is 0 Å². The molecule has 0 bridgehead atoms. The Balaban J connectivity index is 2.52. The third kappa shape index (κ3) is 4.05. The van der Waals surface area contributed by atoms with E-state index in [-0.39, 0.29) is 40.0 Å². The Kier molecular flexibility index (Phi) is 6.04. The highest BCUT2D eigenvalue weighted by atomic mass is 35.5. The average Bonchev–Trinajstić information content (AvgIpc) is 2.98. The largest absolute Gasteiger partial charge is 0.493 e. The van der Waals surface area contributed by atoms with Crippen LogP contribution in [0.5, 0.6) is 5.88 Å². The number of aromatic hydroxyl groups is 1. The molecule has 0 amide bonds. The quantitative estimate of drug-likeness (QED) is 0.426. The van der Waals surface area contributed by atoms with Gasteiger partial charge in [0.1, 0.15) is 12.2 Å². The van der Waals surface area contributed by atoms with E-state index in [1.165, 1.54) is 16.9 Å². The number of aryl methyl sites for hydroxylation is 1. The number of halogens is 1. The molecular formula is C16H17ClN2O6S. The predicted molar refractivity (Wildman–Crippen MR) is 93.6 cm³/mol. The number of rotatable bonds is 7. The van der Waals surface area contributed by atoms with Crippen LogP contribution in [0.15, 0.2) is 29.3 Å². The monoisotopic (exact) mass is 400 g/mol. The van der Waals surface area contributed by atoms with E-state index in [1.54, 1.807) is 6.92 Å². The zero-order chi connectivity index (χ0) is 19.5. The van der Waals surface area contributed by atoms with E-state index in [1.807, 2.05) is 0 Å².